The largest absolute Gasteiger partial charge is 0.338 e. The second-order valence-electron chi connectivity index (χ2n) is 5.48. The normalized spacial score (nSPS) is 14.5. The van der Waals surface area contributed by atoms with Gasteiger partial charge in [-0.2, -0.15) is 0 Å². The van der Waals surface area contributed by atoms with Crippen molar-refractivity contribution in [2.45, 2.75) is 12.8 Å². The van der Waals surface area contributed by atoms with Gasteiger partial charge in [-0.25, -0.2) is 4.39 Å². The van der Waals surface area contributed by atoms with Crippen LogP contribution < -0.4 is 0 Å². The Balaban J connectivity index is 1.62. The van der Waals surface area contributed by atoms with Crippen LogP contribution in [0.2, 0.25) is 5.02 Å². The molecule has 0 bridgehead atoms. The molecule has 1 amide bonds. The predicted molar refractivity (Wildman–Crippen MR) is 88.5 cm³/mol. The maximum absolute atomic E-state index is 12.9. The minimum Gasteiger partial charge on any atom is -0.338 e. The van der Waals surface area contributed by atoms with E-state index < -0.39 is 0 Å². The van der Waals surface area contributed by atoms with Crippen molar-refractivity contribution in [1.82, 2.24) is 9.88 Å². The van der Waals surface area contributed by atoms with E-state index in [1.165, 1.54) is 12.1 Å². The van der Waals surface area contributed by atoms with Gasteiger partial charge in [0, 0.05) is 19.3 Å². The highest BCUT2D eigenvalue weighted by Gasteiger charge is 2.18. The molecule has 23 heavy (non-hydrogen) atoms. The summed E-state index contributed by atoms with van der Waals surface area (Å²) < 4.78 is 12.9. The number of pyridine rings is 1. The molecule has 118 valence electrons. The SMILES string of the molecule is O=C(Cc1ccc(F)cc1)N1CC=C(c2ccc(Cl)cn2)CC1. The maximum atomic E-state index is 12.9. The van der Waals surface area contributed by atoms with E-state index in [4.69, 9.17) is 11.6 Å². The lowest BCUT2D eigenvalue weighted by Gasteiger charge is -2.26. The highest BCUT2D eigenvalue weighted by atomic mass is 35.5. The first kappa shape index (κ1) is 15.7. The Bertz CT molecular complexity index is 726. The zero-order valence-corrected chi connectivity index (χ0v) is 13.3. The first-order valence-electron chi connectivity index (χ1n) is 7.45. The minimum atomic E-state index is -0.290. The average molecular weight is 331 g/mol. The summed E-state index contributed by atoms with van der Waals surface area (Å²) in [5.74, 6) is -0.238. The molecule has 3 rings (SSSR count). The molecule has 0 atom stereocenters. The van der Waals surface area contributed by atoms with Gasteiger partial charge in [-0.1, -0.05) is 29.8 Å². The first-order chi connectivity index (χ1) is 11.1. The quantitative estimate of drug-likeness (QED) is 0.859. The predicted octanol–water partition coefficient (Wildman–Crippen LogP) is 3.73. The van der Waals surface area contributed by atoms with Crippen LogP contribution in [0.15, 0.2) is 48.7 Å². The summed E-state index contributed by atoms with van der Waals surface area (Å²) in [4.78, 5) is 18.4. The smallest absolute Gasteiger partial charge is 0.227 e. The Morgan fingerprint density at radius 1 is 1.22 bits per heavy atom. The van der Waals surface area contributed by atoms with Crippen LogP contribution >= 0.6 is 11.6 Å². The molecule has 0 saturated heterocycles. The summed E-state index contributed by atoms with van der Waals surface area (Å²) in [6.07, 6.45) is 4.72. The van der Waals surface area contributed by atoms with E-state index >= 15 is 0 Å². The summed E-state index contributed by atoms with van der Waals surface area (Å²) in [5.41, 5.74) is 2.86. The standard InChI is InChI=1S/C18H16ClFN2O/c19-15-3-6-17(21-12-15)14-7-9-22(10-8-14)18(23)11-13-1-4-16(20)5-2-13/h1-7,12H,8-11H2. The first-order valence-corrected chi connectivity index (χ1v) is 7.83. The second-order valence-corrected chi connectivity index (χ2v) is 5.92. The summed E-state index contributed by atoms with van der Waals surface area (Å²) >= 11 is 5.84. The molecule has 2 aromatic rings. The topological polar surface area (TPSA) is 33.2 Å². The number of carbonyl (C=O) groups excluding carboxylic acids is 1. The van der Waals surface area contributed by atoms with E-state index in [9.17, 15) is 9.18 Å². The zero-order valence-electron chi connectivity index (χ0n) is 12.5. The van der Waals surface area contributed by atoms with E-state index in [2.05, 4.69) is 4.98 Å². The highest BCUT2D eigenvalue weighted by molar-refractivity contribution is 6.30. The van der Waals surface area contributed by atoms with Gasteiger partial charge in [-0.05, 0) is 41.8 Å². The van der Waals surface area contributed by atoms with Gasteiger partial charge in [0.05, 0.1) is 17.1 Å². The molecule has 0 radical (unpaired) electrons. The molecule has 0 unspecified atom stereocenters. The Kier molecular flexibility index (Phi) is 4.72. The van der Waals surface area contributed by atoms with Crippen molar-refractivity contribution in [2.75, 3.05) is 13.1 Å². The number of aromatic nitrogens is 1. The van der Waals surface area contributed by atoms with E-state index in [1.54, 1.807) is 18.3 Å². The molecule has 1 aliphatic rings. The summed E-state index contributed by atoms with van der Waals surface area (Å²) in [7, 11) is 0. The number of rotatable bonds is 3. The summed E-state index contributed by atoms with van der Waals surface area (Å²) in [6.45, 7) is 1.23. The van der Waals surface area contributed by atoms with Crippen LogP contribution in [0.1, 0.15) is 17.7 Å². The van der Waals surface area contributed by atoms with Gasteiger partial charge in [0.15, 0.2) is 0 Å². The van der Waals surface area contributed by atoms with Crippen molar-refractivity contribution in [3.63, 3.8) is 0 Å². The van der Waals surface area contributed by atoms with Crippen molar-refractivity contribution in [3.8, 4) is 0 Å². The Hall–Kier alpha value is -2.20. The van der Waals surface area contributed by atoms with Crippen molar-refractivity contribution in [2.24, 2.45) is 0 Å². The third-order valence-corrected chi connectivity index (χ3v) is 4.11. The fourth-order valence-corrected chi connectivity index (χ4v) is 2.69. The fourth-order valence-electron chi connectivity index (χ4n) is 2.58. The molecule has 1 aromatic heterocycles. The van der Waals surface area contributed by atoms with Crippen molar-refractivity contribution in [1.29, 1.82) is 0 Å². The van der Waals surface area contributed by atoms with Gasteiger partial charge in [-0.15, -0.1) is 0 Å². The van der Waals surface area contributed by atoms with Crippen LogP contribution in [0.4, 0.5) is 4.39 Å². The third-order valence-electron chi connectivity index (χ3n) is 3.89. The molecule has 0 N–H and O–H groups in total. The highest BCUT2D eigenvalue weighted by Crippen LogP contribution is 2.22. The van der Waals surface area contributed by atoms with Gasteiger partial charge in [-0.3, -0.25) is 9.78 Å². The minimum absolute atomic E-state index is 0.0518. The van der Waals surface area contributed by atoms with Gasteiger partial charge < -0.3 is 4.90 Å². The van der Waals surface area contributed by atoms with Crippen molar-refractivity contribution in [3.05, 3.63) is 70.8 Å². The lowest BCUT2D eigenvalue weighted by molar-refractivity contribution is -0.130. The van der Waals surface area contributed by atoms with Gasteiger partial charge in [0.25, 0.3) is 0 Å². The molecule has 1 aromatic carbocycles. The Labute approximate surface area is 139 Å². The average Bonchev–Trinajstić information content (AvgIpc) is 2.58. The monoisotopic (exact) mass is 330 g/mol. The molecule has 0 fully saturated rings. The fraction of sp³-hybridized carbons (Fsp3) is 0.222. The van der Waals surface area contributed by atoms with Gasteiger partial charge >= 0.3 is 0 Å². The van der Waals surface area contributed by atoms with Gasteiger partial charge in [0.1, 0.15) is 5.82 Å². The molecule has 3 nitrogen and oxygen atoms in total. The number of hydrogen-bond acceptors (Lipinski definition) is 2. The number of nitrogens with zero attached hydrogens (tertiary/aromatic N) is 2. The number of hydrogen-bond donors (Lipinski definition) is 0. The van der Waals surface area contributed by atoms with Crippen LogP contribution in [-0.2, 0) is 11.2 Å². The number of carbonyl (C=O) groups is 1. The molecular formula is C18H16ClFN2O. The lowest BCUT2D eigenvalue weighted by atomic mass is 10.0. The van der Waals surface area contributed by atoms with Crippen LogP contribution in [0.5, 0.6) is 0 Å². The van der Waals surface area contributed by atoms with E-state index in [0.717, 1.165) is 23.3 Å². The zero-order chi connectivity index (χ0) is 16.2. The van der Waals surface area contributed by atoms with Gasteiger partial charge in [0.2, 0.25) is 5.91 Å². The van der Waals surface area contributed by atoms with Crippen molar-refractivity contribution >= 4 is 23.1 Å². The molecule has 1 aliphatic heterocycles. The molecule has 0 saturated carbocycles. The summed E-state index contributed by atoms with van der Waals surface area (Å²) in [6, 6.07) is 9.76. The van der Waals surface area contributed by atoms with E-state index in [1.807, 2.05) is 23.1 Å². The Morgan fingerprint density at radius 3 is 2.61 bits per heavy atom. The molecule has 0 spiro atoms. The number of benzene rings is 1. The second kappa shape index (κ2) is 6.92. The maximum Gasteiger partial charge on any atom is 0.227 e. The van der Waals surface area contributed by atoms with Crippen LogP contribution in [-0.4, -0.2) is 28.9 Å². The molecule has 2 heterocycles. The van der Waals surface area contributed by atoms with Crippen molar-refractivity contribution < 1.29 is 9.18 Å². The number of halogens is 2. The summed E-state index contributed by atoms with van der Waals surface area (Å²) in [5, 5.41) is 0.612. The van der Waals surface area contributed by atoms with Crippen LogP contribution in [0, 0.1) is 5.82 Å². The van der Waals surface area contributed by atoms with Crippen LogP contribution in [0.3, 0.4) is 0 Å². The third kappa shape index (κ3) is 3.96. The molecular weight excluding hydrogens is 315 g/mol. The van der Waals surface area contributed by atoms with E-state index in [-0.39, 0.29) is 11.7 Å². The van der Waals surface area contributed by atoms with E-state index in [0.29, 0.717) is 24.5 Å². The Morgan fingerprint density at radius 2 is 2.00 bits per heavy atom. The lowest BCUT2D eigenvalue weighted by Crippen LogP contribution is -2.35. The number of amides is 1. The molecule has 0 aliphatic carbocycles. The van der Waals surface area contributed by atoms with Crippen LogP contribution in [0.25, 0.3) is 5.57 Å². The molecule has 5 heteroatoms.